The molecule has 0 aliphatic carbocycles. The van der Waals surface area contributed by atoms with Gasteiger partial charge in [0.25, 0.3) is 11.8 Å². The normalized spacial score (nSPS) is 10.4. The number of ether oxygens (including phenoxy) is 3. The number of hydrazone groups is 1. The molecule has 9 heteroatoms. The van der Waals surface area contributed by atoms with E-state index in [2.05, 4.69) is 15.8 Å². The van der Waals surface area contributed by atoms with Crippen LogP contribution in [0.3, 0.4) is 0 Å². The van der Waals surface area contributed by atoms with Crippen LogP contribution in [-0.4, -0.2) is 45.4 Å². The standard InChI is InChI=1S/C19H20ClN3O5/c1-26-16-6-3-13(17(9-16)27-2)10-22-23-18(24)11-21-19(25)12-28-15-7-4-14(20)5-8-15/h3-10H,11-12H2,1-2H3,(H,21,25)(H,23,24)/b22-10-. The van der Waals surface area contributed by atoms with Gasteiger partial charge in [-0.25, -0.2) is 5.43 Å². The number of halogens is 1. The number of hydrogen-bond acceptors (Lipinski definition) is 6. The summed E-state index contributed by atoms with van der Waals surface area (Å²) in [4.78, 5) is 23.5. The second kappa shape index (κ2) is 10.8. The van der Waals surface area contributed by atoms with Gasteiger partial charge in [-0.15, -0.1) is 0 Å². The minimum Gasteiger partial charge on any atom is -0.497 e. The molecule has 0 saturated carbocycles. The Morgan fingerprint density at radius 3 is 2.43 bits per heavy atom. The van der Waals surface area contributed by atoms with Gasteiger partial charge in [0.1, 0.15) is 17.2 Å². The first-order valence-corrected chi connectivity index (χ1v) is 8.58. The summed E-state index contributed by atoms with van der Waals surface area (Å²) >= 11 is 5.77. The van der Waals surface area contributed by atoms with Crippen LogP contribution in [0.4, 0.5) is 0 Å². The molecular weight excluding hydrogens is 386 g/mol. The van der Waals surface area contributed by atoms with E-state index in [0.29, 0.717) is 27.8 Å². The summed E-state index contributed by atoms with van der Waals surface area (Å²) < 4.78 is 15.6. The smallest absolute Gasteiger partial charge is 0.259 e. The zero-order chi connectivity index (χ0) is 20.4. The summed E-state index contributed by atoms with van der Waals surface area (Å²) in [6.07, 6.45) is 1.43. The molecule has 0 heterocycles. The molecule has 0 radical (unpaired) electrons. The van der Waals surface area contributed by atoms with Crippen LogP contribution in [0.25, 0.3) is 0 Å². The third kappa shape index (κ3) is 6.81. The number of amides is 2. The highest BCUT2D eigenvalue weighted by atomic mass is 35.5. The van der Waals surface area contributed by atoms with Crippen molar-refractivity contribution in [2.75, 3.05) is 27.4 Å². The third-order valence-electron chi connectivity index (χ3n) is 3.46. The average Bonchev–Trinajstić information content (AvgIpc) is 2.72. The van der Waals surface area contributed by atoms with Crippen molar-refractivity contribution in [1.29, 1.82) is 0 Å². The summed E-state index contributed by atoms with van der Waals surface area (Å²) in [7, 11) is 3.07. The van der Waals surface area contributed by atoms with E-state index < -0.39 is 11.8 Å². The number of benzene rings is 2. The minimum absolute atomic E-state index is 0.221. The molecule has 148 valence electrons. The van der Waals surface area contributed by atoms with Gasteiger partial charge in [0, 0.05) is 16.7 Å². The van der Waals surface area contributed by atoms with Crippen LogP contribution in [0.5, 0.6) is 17.2 Å². The largest absolute Gasteiger partial charge is 0.497 e. The fourth-order valence-corrected chi connectivity index (χ4v) is 2.17. The summed E-state index contributed by atoms with van der Waals surface area (Å²) in [6, 6.07) is 11.8. The Hall–Kier alpha value is -3.26. The number of nitrogens with one attached hydrogen (secondary N) is 2. The molecule has 0 saturated heterocycles. The molecule has 28 heavy (non-hydrogen) atoms. The summed E-state index contributed by atoms with van der Waals surface area (Å²) in [5, 5.41) is 6.85. The summed E-state index contributed by atoms with van der Waals surface area (Å²) in [5.41, 5.74) is 2.98. The van der Waals surface area contributed by atoms with Gasteiger partial charge in [-0.2, -0.15) is 5.10 Å². The van der Waals surface area contributed by atoms with Gasteiger partial charge in [-0.1, -0.05) is 11.6 Å². The highest BCUT2D eigenvalue weighted by molar-refractivity contribution is 6.30. The Labute approximate surface area is 167 Å². The molecule has 2 aromatic rings. The Bertz CT molecular complexity index is 840. The van der Waals surface area contributed by atoms with Crippen molar-refractivity contribution >= 4 is 29.6 Å². The molecule has 0 bridgehead atoms. The van der Waals surface area contributed by atoms with E-state index in [9.17, 15) is 9.59 Å². The van der Waals surface area contributed by atoms with Crippen LogP contribution in [0, 0.1) is 0 Å². The lowest BCUT2D eigenvalue weighted by atomic mass is 10.2. The number of hydrogen-bond donors (Lipinski definition) is 2. The van der Waals surface area contributed by atoms with Gasteiger partial charge >= 0.3 is 0 Å². The lowest BCUT2D eigenvalue weighted by molar-refractivity contribution is -0.127. The molecule has 0 atom stereocenters. The summed E-state index contributed by atoms with van der Waals surface area (Å²) in [6.45, 7) is -0.457. The number of rotatable bonds is 9. The van der Waals surface area contributed by atoms with Crippen molar-refractivity contribution < 1.29 is 23.8 Å². The molecular formula is C19H20ClN3O5. The van der Waals surface area contributed by atoms with Crippen LogP contribution in [0.2, 0.25) is 5.02 Å². The number of carbonyl (C=O) groups excluding carboxylic acids is 2. The van der Waals surface area contributed by atoms with Crippen LogP contribution >= 0.6 is 11.6 Å². The molecule has 0 aliphatic rings. The molecule has 2 N–H and O–H groups in total. The van der Waals surface area contributed by atoms with Crippen LogP contribution < -0.4 is 25.0 Å². The quantitative estimate of drug-likeness (QED) is 0.491. The average molecular weight is 406 g/mol. The van der Waals surface area contributed by atoms with E-state index in [1.807, 2.05) is 0 Å². The Kier molecular flexibility index (Phi) is 8.11. The summed E-state index contributed by atoms with van der Waals surface area (Å²) in [5.74, 6) is 0.767. The predicted molar refractivity (Wildman–Crippen MR) is 105 cm³/mol. The molecule has 0 fully saturated rings. The molecule has 0 unspecified atom stereocenters. The van der Waals surface area contributed by atoms with Crippen molar-refractivity contribution in [2.45, 2.75) is 0 Å². The van der Waals surface area contributed by atoms with Gasteiger partial charge in [-0.05, 0) is 36.4 Å². The van der Waals surface area contributed by atoms with E-state index in [0.717, 1.165) is 0 Å². The molecule has 0 aromatic heterocycles. The molecule has 2 rings (SSSR count). The Morgan fingerprint density at radius 2 is 1.75 bits per heavy atom. The molecule has 2 aromatic carbocycles. The lowest BCUT2D eigenvalue weighted by Crippen LogP contribution is -2.37. The molecule has 2 amide bonds. The van der Waals surface area contributed by atoms with Gasteiger partial charge < -0.3 is 19.5 Å². The minimum atomic E-state index is -0.483. The monoisotopic (exact) mass is 405 g/mol. The van der Waals surface area contributed by atoms with E-state index >= 15 is 0 Å². The number of methoxy groups -OCH3 is 2. The van der Waals surface area contributed by atoms with Crippen LogP contribution in [0.1, 0.15) is 5.56 Å². The molecule has 0 aliphatic heterocycles. The number of nitrogens with zero attached hydrogens (tertiary/aromatic N) is 1. The second-order valence-corrected chi connectivity index (χ2v) is 5.86. The molecule has 8 nitrogen and oxygen atoms in total. The Balaban J connectivity index is 1.74. The van der Waals surface area contributed by atoms with E-state index in [-0.39, 0.29) is 13.2 Å². The number of carbonyl (C=O) groups is 2. The van der Waals surface area contributed by atoms with E-state index in [1.54, 1.807) is 49.6 Å². The van der Waals surface area contributed by atoms with Gasteiger partial charge in [-0.3, -0.25) is 9.59 Å². The van der Waals surface area contributed by atoms with Crippen molar-refractivity contribution in [3.63, 3.8) is 0 Å². The van der Waals surface area contributed by atoms with Crippen molar-refractivity contribution in [2.24, 2.45) is 5.10 Å². The highest BCUT2D eigenvalue weighted by Gasteiger charge is 2.07. The van der Waals surface area contributed by atoms with Crippen molar-refractivity contribution in [3.8, 4) is 17.2 Å². The predicted octanol–water partition coefficient (Wildman–Crippen LogP) is 2.00. The van der Waals surface area contributed by atoms with Gasteiger partial charge in [0.2, 0.25) is 0 Å². The topological polar surface area (TPSA) is 98.2 Å². The Morgan fingerprint density at radius 1 is 1.04 bits per heavy atom. The highest BCUT2D eigenvalue weighted by Crippen LogP contribution is 2.22. The SMILES string of the molecule is COc1ccc(/C=N\NC(=O)CNC(=O)COc2ccc(Cl)cc2)c(OC)c1. The van der Waals surface area contributed by atoms with E-state index in [1.165, 1.54) is 13.3 Å². The van der Waals surface area contributed by atoms with Crippen molar-refractivity contribution in [1.82, 2.24) is 10.7 Å². The first kappa shape index (κ1) is 21.0. The zero-order valence-electron chi connectivity index (χ0n) is 15.4. The maximum Gasteiger partial charge on any atom is 0.259 e. The van der Waals surface area contributed by atoms with Crippen LogP contribution in [-0.2, 0) is 9.59 Å². The first-order valence-electron chi connectivity index (χ1n) is 8.21. The van der Waals surface area contributed by atoms with Crippen molar-refractivity contribution in [3.05, 3.63) is 53.1 Å². The fraction of sp³-hybridized carbons (Fsp3) is 0.211. The van der Waals surface area contributed by atoms with E-state index in [4.69, 9.17) is 25.8 Å². The lowest BCUT2D eigenvalue weighted by Gasteiger charge is -2.08. The zero-order valence-corrected chi connectivity index (χ0v) is 16.2. The molecule has 0 spiro atoms. The van der Waals surface area contributed by atoms with Gasteiger partial charge in [0.15, 0.2) is 6.61 Å². The third-order valence-corrected chi connectivity index (χ3v) is 3.72. The van der Waals surface area contributed by atoms with Crippen LogP contribution in [0.15, 0.2) is 47.6 Å². The fourth-order valence-electron chi connectivity index (χ4n) is 2.05. The maximum absolute atomic E-state index is 11.8. The first-order chi connectivity index (χ1) is 13.5. The maximum atomic E-state index is 11.8. The van der Waals surface area contributed by atoms with Gasteiger partial charge in [0.05, 0.1) is 27.0 Å². The second-order valence-electron chi connectivity index (χ2n) is 5.42.